The highest BCUT2D eigenvalue weighted by Gasteiger charge is 2.11. The lowest BCUT2D eigenvalue weighted by Crippen LogP contribution is -2.17. The van der Waals surface area contributed by atoms with Gasteiger partial charge >= 0.3 is 14.2 Å². The van der Waals surface area contributed by atoms with Crippen molar-refractivity contribution in [2.24, 2.45) is 0 Å². The van der Waals surface area contributed by atoms with E-state index in [2.05, 4.69) is 0 Å². The maximum atomic E-state index is 8.74. The normalized spacial score (nSPS) is 10.0. The Labute approximate surface area is 83.1 Å². The van der Waals surface area contributed by atoms with Gasteiger partial charge in [0.15, 0.2) is 0 Å². The zero-order valence-electron chi connectivity index (χ0n) is 7.67. The van der Waals surface area contributed by atoms with Crippen LogP contribution in [0.1, 0.15) is 11.1 Å². The van der Waals surface area contributed by atoms with Crippen LogP contribution in [0.3, 0.4) is 0 Å². The van der Waals surface area contributed by atoms with E-state index in [4.69, 9.17) is 20.1 Å². The van der Waals surface area contributed by atoms with E-state index in [-0.39, 0.29) is 12.6 Å². The van der Waals surface area contributed by atoms with E-state index in [0.29, 0.717) is 0 Å². The fourth-order valence-corrected chi connectivity index (χ4v) is 1.31. The molecule has 0 amide bonds. The quantitative estimate of drug-likeness (QED) is 0.453. The molecule has 4 N–H and O–H groups in total. The second kappa shape index (κ2) is 5.17. The molecule has 0 aliphatic carbocycles. The van der Waals surface area contributed by atoms with Gasteiger partial charge in [-0.3, -0.25) is 0 Å². The van der Waals surface area contributed by atoms with Crippen LogP contribution in [-0.2, 0) is 12.6 Å². The Bertz CT molecular complexity index is 265. The SMILES string of the molecule is OB(O)Cc1cccc(CB(O)O)c1. The van der Waals surface area contributed by atoms with Crippen LogP contribution < -0.4 is 0 Å². The number of benzene rings is 1. The van der Waals surface area contributed by atoms with Crippen LogP contribution in [-0.4, -0.2) is 34.3 Å². The third-order valence-corrected chi connectivity index (χ3v) is 1.83. The first-order chi connectivity index (χ1) is 6.58. The van der Waals surface area contributed by atoms with Crippen LogP contribution in [0.15, 0.2) is 24.3 Å². The molecule has 0 bridgehead atoms. The van der Waals surface area contributed by atoms with Crippen molar-refractivity contribution in [3.63, 3.8) is 0 Å². The van der Waals surface area contributed by atoms with Crippen molar-refractivity contribution in [2.75, 3.05) is 0 Å². The molecule has 0 unspecified atom stereocenters. The molecule has 1 rings (SSSR count). The van der Waals surface area contributed by atoms with Crippen LogP contribution >= 0.6 is 0 Å². The number of hydrogen-bond acceptors (Lipinski definition) is 4. The van der Waals surface area contributed by atoms with Crippen molar-refractivity contribution in [3.8, 4) is 0 Å². The lowest BCUT2D eigenvalue weighted by molar-refractivity contribution is 0.405. The lowest BCUT2D eigenvalue weighted by Gasteiger charge is -2.04. The van der Waals surface area contributed by atoms with Gasteiger partial charge in [0.25, 0.3) is 0 Å². The molecular formula is C8H12B2O4. The van der Waals surface area contributed by atoms with E-state index in [1.54, 1.807) is 24.3 Å². The zero-order chi connectivity index (χ0) is 10.6. The van der Waals surface area contributed by atoms with E-state index in [1.165, 1.54) is 0 Å². The number of hydrogen-bond donors (Lipinski definition) is 4. The third-order valence-electron chi connectivity index (χ3n) is 1.83. The smallest absolute Gasteiger partial charge is 0.427 e. The van der Waals surface area contributed by atoms with Gasteiger partial charge < -0.3 is 20.1 Å². The summed E-state index contributed by atoms with van der Waals surface area (Å²) in [5, 5.41) is 34.9. The molecular weight excluding hydrogens is 182 g/mol. The van der Waals surface area contributed by atoms with Gasteiger partial charge in [-0.05, 0) is 11.1 Å². The number of rotatable bonds is 4. The first-order valence-electron chi connectivity index (χ1n) is 4.38. The second-order valence-corrected chi connectivity index (χ2v) is 3.19. The first-order valence-corrected chi connectivity index (χ1v) is 4.38. The van der Waals surface area contributed by atoms with Gasteiger partial charge in [0.05, 0.1) is 0 Å². The Kier molecular flexibility index (Phi) is 4.16. The van der Waals surface area contributed by atoms with Crippen LogP contribution in [0.2, 0.25) is 0 Å². The molecule has 74 valence electrons. The summed E-state index contributed by atoms with van der Waals surface area (Å²) in [7, 11) is -2.74. The van der Waals surface area contributed by atoms with Crippen molar-refractivity contribution in [2.45, 2.75) is 12.6 Å². The largest absolute Gasteiger partial charge is 0.456 e. The van der Waals surface area contributed by atoms with Crippen molar-refractivity contribution >= 4 is 14.2 Å². The monoisotopic (exact) mass is 194 g/mol. The van der Waals surface area contributed by atoms with Crippen molar-refractivity contribution in [3.05, 3.63) is 35.4 Å². The van der Waals surface area contributed by atoms with E-state index in [9.17, 15) is 0 Å². The lowest BCUT2D eigenvalue weighted by atomic mass is 9.78. The summed E-state index contributed by atoms with van der Waals surface area (Å²) in [5.41, 5.74) is 1.52. The summed E-state index contributed by atoms with van der Waals surface area (Å²) in [5.74, 6) is 0. The summed E-state index contributed by atoms with van der Waals surface area (Å²) >= 11 is 0. The van der Waals surface area contributed by atoms with Crippen molar-refractivity contribution in [1.29, 1.82) is 0 Å². The summed E-state index contributed by atoms with van der Waals surface area (Å²) in [4.78, 5) is 0. The summed E-state index contributed by atoms with van der Waals surface area (Å²) in [6, 6.07) is 6.98. The van der Waals surface area contributed by atoms with E-state index >= 15 is 0 Å². The van der Waals surface area contributed by atoms with Crippen LogP contribution in [0, 0.1) is 0 Å². The van der Waals surface area contributed by atoms with Gasteiger partial charge in [-0.25, -0.2) is 0 Å². The van der Waals surface area contributed by atoms with E-state index in [0.717, 1.165) is 11.1 Å². The van der Waals surface area contributed by atoms with Crippen LogP contribution in [0.25, 0.3) is 0 Å². The minimum atomic E-state index is -1.37. The topological polar surface area (TPSA) is 80.9 Å². The molecule has 0 aliphatic rings. The molecule has 0 radical (unpaired) electrons. The molecule has 6 heteroatoms. The van der Waals surface area contributed by atoms with Gasteiger partial charge in [-0.15, -0.1) is 0 Å². The predicted molar refractivity (Wildman–Crippen MR) is 54.2 cm³/mol. The molecule has 0 spiro atoms. The van der Waals surface area contributed by atoms with Crippen LogP contribution in [0.5, 0.6) is 0 Å². The molecule has 4 nitrogen and oxygen atoms in total. The molecule has 0 atom stereocenters. The summed E-state index contributed by atoms with van der Waals surface area (Å²) < 4.78 is 0. The average molecular weight is 194 g/mol. The third kappa shape index (κ3) is 3.93. The highest BCUT2D eigenvalue weighted by atomic mass is 16.4. The molecule has 14 heavy (non-hydrogen) atoms. The Morgan fingerprint density at radius 3 is 1.64 bits per heavy atom. The van der Waals surface area contributed by atoms with Gasteiger partial charge in [-0.1, -0.05) is 24.3 Å². The Morgan fingerprint density at radius 1 is 0.857 bits per heavy atom. The second-order valence-electron chi connectivity index (χ2n) is 3.19. The zero-order valence-corrected chi connectivity index (χ0v) is 7.67. The Balaban J connectivity index is 2.68. The van der Waals surface area contributed by atoms with Crippen molar-refractivity contribution in [1.82, 2.24) is 0 Å². The Morgan fingerprint density at radius 2 is 1.29 bits per heavy atom. The average Bonchev–Trinajstić information content (AvgIpc) is 2.01. The van der Waals surface area contributed by atoms with Gasteiger partial charge in [0, 0.05) is 12.6 Å². The fourth-order valence-electron chi connectivity index (χ4n) is 1.31. The maximum Gasteiger partial charge on any atom is 0.456 e. The van der Waals surface area contributed by atoms with Crippen LogP contribution in [0.4, 0.5) is 0 Å². The molecule has 0 saturated heterocycles. The van der Waals surface area contributed by atoms with Gasteiger partial charge in [0.1, 0.15) is 0 Å². The van der Waals surface area contributed by atoms with Gasteiger partial charge in [-0.2, -0.15) is 0 Å². The predicted octanol–water partition coefficient (Wildman–Crippen LogP) is -1.20. The highest BCUT2D eigenvalue weighted by molar-refractivity contribution is 6.41. The van der Waals surface area contributed by atoms with E-state index < -0.39 is 14.2 Å². The van der Waals surface area contributed by atoms with E-state index in [1.807, 2.05) is 0 Å². The molecule has 1 aromatic carbocycles. The first kappa shape index (κ1) is 11.3. The molecule has 0 aromatic heterocycles. The molecule has 0 heterocycles. The molecule has 0 fully saturated rings. The standard InChI is InChI=1S/C8H12B2O4/c11-9(12)5-7-2-1-3-8(4-7)6-10(13)14/h1-4,11-14H,5-6H2. The summed E-state index contributed by atoms with van der Waals surface area (Å²) in [6.07, 6.45) is 0.296. The minimum Gasteiger partial charge on any atom is -0.427 e. The Hall–Kier alpha value is -0.810. The maximum absolute atomic E-state index is 8.74. The fraction of sp³-hybridized carbons (Fsp3) is 0.250. The molecule has 1 aromatic rings. The van der Waals surface area contributed by atoms with Gasteiger partial charge in [0.2, 0.25) is 0 Å². The summed E-state index contributed by atoms with van der Waals surface area (Å²) in [6.45, 7) is 0. The highest BCUT2D eigenvalue weighted by Crippen LogP contribution is 2.07. The minimum absolute atomic E-state index is 0.148. The molecule has 0 aliphatic heterocycles. The molecule has 0 saturated carbocycles. The van der Waals surface area contributed by atoms with Crippen molar-refractivity contribution < 1.29 is 20.1 Å².